The number of amides is 2. The summed E-state index contributed by atoms with van der Waals surface area (Å²) in [6, 6.07) is 19.1. The summed E-state index contributed by atoms with van der Waals surface area (Å²) in [7, 11) is 3.39. The van der Waals surface area contributed by atoms with Gasteiger partial charge >= 0.3 is 0 Å². The van der Waals surface area contributed by atoms with Gasteiger partial charge in [-0.1, -0.05) is 18.2 Å². The average molecular weight is 641 g/mol. The highest BCUT2D eigenvalue weighted by molar-refractivity contribution is 6.19. The maximum absolute atomic E-state index is 12.9. The van der Waals surface area contributed by atoms with Crippen LogP contribution in [0.3, 0.4) is 0 Å². The Morgan fingerprint density at radius 2 is 1.61 bits per heavy atom. The molecule has 1 N–H and O–H groups in total. The van der Waals surface area contributed by atoms with Crippen LogP contribution >= 0.6 is 24.8 Å². The zero-order valence-corrected chi connectivity index (χ0v) is 27.0. The Kier molecular flexibility index (Phi) is 11.6. The van der Waals surface area contributed by atoms with E-state index in [9.17, 15) is 14.4 Å². The predicted octanol–water partition coefficient (Wildman–Crippen LogP) is 5.01. The number of halogens is 2. The van der Waals surface area contributed by atoms with Crippen molar-refractivity contribution in [2.45, 2.75) is 39.8 Å². The maximum atomic E-state index is 12.9. The lowest BCUT2D eigenvalue weighted by Gasteiger charge is -2.25. The molecule has 5 rings (SSSR count). The minimum atomic E-state index is -1.14. The standard InChI is InChI=1S/C33H37N5O4.2ClH/c1-33(2)31(40)36(3)28-11-10-26(21-29(28)37(4)32(33)41)42-19-7-15-34-22-23-12-16-35-25(20-23)14-18-38-17-13-24-8-5-6-9-27(24)30(38)39;;/h5-6,8-13,16-17,20-21,34H,7,14-15,18-19,22H2,1-4H3;2*1H. The van der Waals surface area contributed by atoms with Crippen LogP contribution in [0, 0.1) is 5.41 Å². The number of hydrogen-bond acceptors (Lipinski definition) is 6. The first kappa shape index (κ1) is 34.6. The van der Waals surface area contributed by atoms with Crippen LogP contribution in [0.1, 0.15) is 31.5 Å². The summed E-state index contributed by atoms with van der Waals surface area (Å²) in [6.45, 7) is 5.85. The molecule has 9 nitrogen and oxygen atoms in total. The molecule has 44 heavy (non-hydrogen) atoms. The molecular formula is C33H39Cl2N5O4. The van der Waals surface area contributed by atoms with Crippen molar-refractivity contribution in [2.24, 2.45) is 5.41 Å². The molecule has 2 aromatic heterocycles. The number of pyridine rings is 2. The van der Waals surface area contributed by atoms with Crippen molar-refractivity contribution in [3.05, 3.63) is 94.7 Å². The summed E-state index contributed by atoms with van der Waals surface area (Å²) in [6.07, 6.45) is 5.12. The number of ether oxygens (including phenoxy) is 1. The van der Waals surface area contributed by atoms with E-state index in [1.54, 1.807) is 32.5 Å². The van der Waals surface area contributed by atoms with E-state index in [1.165, 1.54) is 9.80 Å². The quantitative estimate of drug-likeness (QED) is 0.194. The third-order valence-corrected chi connectivity index (χ3v) is 7.82. The molecule has 234 valence electrons. The molecule has 0 saturated heterocycles. The summed E-state index contributed by atoms with van der Waals surface area (Å²) in [5.74, 6) is 0.166. The molecule has 0 bridgehead atoms. The van der Waals surface area contributed by atoms with Crippen molar-refractivity contribution >= 4 is 58.8 Å². The van der Waals surface area contributed by atoms with Crippen LogP contribution in [-0.2, 0) is 29.1 Å². The van der Waals surface area contributed by atoms with Crippen molar-refractivity contribution in [3.63, 3.8) is 0 Å². The lowest BCUT2D eigenvalue weighted by molar-refractivity contribution is -0.137. The molecule has 0 unspecified atom stereocenters. The van der Waals surface area contributed by atoms with Crippen molar-refractivity contribution in [1.29, 1.82) is 0 Å². The Hall–Kier alpha value is -3.92. The summed E-state index contributed by atoms with van der Waals surface area (Å²) < 4.78 is 7.72. The van der Waals surface area contributed by atoms with Gasteiger partial charge < -0.3 is 24.4 Å². The minimum Gasteiger partial charge on any atom is -0.493 e. The topological polar surface area (TPSA) is 96.8 Å². The number of benzene rings is 2. The van der Waals surface area contributed by atoms with Crippen molar-refractivity contribution in [1.82, 2.24) is 14.9 Å². The summed E-state index contributed by atoms with van der Waals surface area (Å²) in [5.41, 5.74) is 2.28. The number of anilines is 2. The molecular weight excluding hydrogens is 601 g/mol. The Bertz CT molecular complexity index is 1690. The smallest absolute Gasteiger partial charge is 0.258 e. The Morgan fingerprint density at radius 1 is 0.886 bits per heavy atom. The number of rotatable bonds is 10. The van der Waals surface area contributed by atoms with Gasteiger partial charge in [0.05, 0.1) is 18.0 Å². The predicted molar refractivity (Wildman–Crippen MR) is 180 cm³/mol. The van der Waals surface area contributed by atoms with Gasteiger partial charge in [-0.05, 0) is 74.2 Å². The number of hydrogen-bond donors (Lipinski definition) is 1. The van der Waals surface area contributed by atoms with Crippen molar-refractivity contribution < 1.29 is 14.3 Å². The van der Waals surface area contributed by atoms with Crippen LogP contribution in [-0.4, -0.2) is 48.6 Å². The fraction of sp³-hybridized carbons (Fsp3) is 0.333. The highest BCUT2D eigenvalue weighted by Gasteiger charge is 2.44. The number of carbonyl (C=O) groups excluding carboxylic acids is 2. The number of carbonyl (C=O) groups is 2. The highest BCUT2D eigenvalue weighted by Crippen LogP contribution is 2.39. The lowest BCUT2D eigenvalue weighted by Crippen LogP contribution is -2.46. The maximum Gasteiger partial charge on any atom is 0.258 e. The van der Waals surface area contributed by atoms with E-state index in [-0.39, 0.29) is 42.2 Å². The number of aromatic nitrogens is 2. The largest absolute Gasteiger partial charge is 0.493 e. The van der Waals surface area contributed by atoms with Gasteiger partial charge in [-0.3, -0.25) is 19.4 Å². The van der Waals surface area contributed by atoms with Gasteiger partial charge in [-0.2, -0.15) is 0 Å². The highest BCUT2D eigenvalue weighted by atomic mass is 35.5. The van der Waals surface area contributed by atoms with Crippen LogP contribution in [0.2, 0.25) is 0 Å². The fourth-order valence-electron chi connectivity index (χ4n) is 5.33. The summed E-state index contributed by atoms with van der Waals surface area (Å²) in [4.78, 5) is 46.1. The monoisotopic (exact) mass is 639 g/mol. The van der Waals surface area contributed by atoms with Gasteiger partial charge in [-0.15, -0.1) is 24.8 Å². The van der Waals surface area contributed by atoms with E-state index in [4.69, 9.17) is 4.74 Å². The van der Waals surface area contributed by atoms with Gasteiger partial charge in [0.25, 0.3) is 5.56 Å². The molecule has 0 atom stereocenters. The molecule has 0 saturated carbocycles. The normalized spacial score (nSPS) is 14.0. The van der Waals surface area contributed by atoms with Crippen LogP contribution < -0.4 is 25.4 Å². The first-order chi connectivity index (χ1) is 20.2. The fourth-order valence-corrected chi connectivity index (χ4v) is 5.33. The third kappa shape index (κ3) is 7.23. The summed E-state index contributed by atoms with van der Waals surface area (Å²) in [5, 5.41) is 5.13. The molecule has 11 heteroatoms. The average Bonchev–Trinajstić information content (AvgIpc) is 3.04. The second-order valence-corrected chi connectivity index (χ2v) is 11.2. The van der Waals surface area contributed by atoms with E-state index in [0.29, 0.717) is 43.2 Å². The van der Waals surface area contributed by atoms with Gasteiger partial charge in [0.15, 0.2) is 0 Å². The van der Waals surface area contributed by atoms with Crippen LogP contribution in [0.15, 0.2) is 77.9 Å². The molecule has 3 heterocycles. The van der Waals surface area contributed by atoms with E-state index in [1.807, 2.05) is 67.0 Å². The number of nitrogens with one attached hydrogen (secondary N) is 1. The third-order valence-electron chi connectivity index (χ3n) is 7.82. The van der Waals surface area contributed by atoms with Crippen LogP contribution in [0.5, 0.6) is 5.75 Å². The molecule has 0 fully saturated rings. The van der Waals surface area contributed by atoms with E-state index in [0.717, 1.165) is 35.0 Å². The van der Waals surface area contributed by atoms with Crippen LogP contribution in [0.25, 0.3) is 10.8 Å². The molecule has 0 radical (unpaired) electrons. The Morgan fingerprint density at radius 3 is 2.39 bits per heavy atom. The second kappa shape index (κ2) is 14.7. The van der Waals surface area contributed by atoms with E-state index >= 15 is 0 Å². The van der Waals surface area contributed by atoms with Crippen LogP contribution in [0.4, 0.5) is 11.4 Å². The first-order valence-electron chi connectivity index (χ1n) is 14.2. The van der Waals surface area contributed by atoms with E-state index in [2.05, 4.69) is 16.4 Å². The van der Waals surface area contributed by atoms with Gasteiger partial charge in [0.2, 0.25) is 11.8 Å². The first-order valence-corrected chi connectivity index (χ1v) is 14.2. The lowest BCUT2D eigenvalue weighted by atomic mass is 9.90. The van der Waals surface area contributed by atoms with Gasteiger partial charge in [0, 0.05) is 63.1 Å². The minimum absolute atomic E-state index is 0. The number of aryl methyl sites for hydroxylation is 2. The van der Waals surface area contributed by atoms with Crippen molar-refractivity contribution in [3.8, 4) is 5.75 Å². The molecule has 1 aliphatic rings. The molecule has 2 amide bonds. The Balaban J connectivity index is 0.00000264. The number of fused-ring (bicyclic) bond motifs is 2. The summed E-state index contributed by atoms with van der Waals surface area (Å²) >= 11 is 0. The molecule has 0 aliphatic carbocycles. The van der Waals surface area contributed by atoms with Gasteiger partial charge in [0.1, 0.15) is 11.2 Å². The van der Waals surface area contributed by atoms with Gasteiger partial charge in [-0.25, -0.2) is 0 Å². The molecule has 1 aliphatic heterocycles. The molecule has 2 aromatic carbocycles. The number of nitrogens with zero attached hydrogens (tertiary/aromatic N) is 4. The zero-order chi connectivity index (χ0) is 29.9. The molecule has 0 spiro atoms. The Labute approximate surface area is 270 Å². The molecule has 4 aromatic rings. The zero-order valence-electron chi connectivity index (χ0n) is 25.4. The van der Waals surface area contributed by atoms with Crippen molar-refractivity contribution in [2.75, 3.05) is 37.0 Å². The van der Waals surface area contributed by atoms with E-state index < -0.39 is 5.41 Å². The SMILES string of the molecule is CN1C(=O)C(C)(C)C(=O)N(C)c2cc(OCCCNCc3ccnc(CCn4ccc5ccccc5c4=O)c3)ccc21.Cl.Cl. The second-order valence-electron chi connectivity index (χ2n) is 11.2.